The molecule has 2 aromatic carbocycles. The van der Waals surface area contributed by atoms with Crippen LogP contribution in [-0.4, -0.2) is 20.4 Å². The van der Waals surface area contributed by atoms with E-state index >= 15 is 0 Å². The maximum atomic E-state index is 11.8. The van der Waals surface area contributed by atoms with Gasteiger partial charge in [-0.25, -0.2) is 9.97 Å². The lowest BCUT2D eigenvalue weighted by Gasteiger charge is -2.12. The zero-order valence-electron chi connectivity index (χ0n) is 15.8. The van der Waals surface area contributed by atoms with Gasteiger partial charge < -0.3 is 11.1 Å². The number of hydrogen-bond acceptors (Lipinski definition) is 4. The van der Waals surface area contributed by atoms with Crippen molar-refractivity contribution in [1.29, 1.82) is 0 Å². The van der Waals surface area contributed by atoms with Gasteiger partial charge in [-0.15, -0.1) is 0 Å². The Morgan fingerprint density at radius 2 is 1.82 bits per heavy atom. The predicted molar refractivity (Wildman–Crippen MR) is 111 cm³/mol. The number of fused-ring (bicyclic) bond motifs is 1. The second-order valence-electron chi connectivity index (χ2n) is 6.72. The number of primary amides is 1. The third-order valence-corrected chi connectivity index (χ3v) is 4.67. The average molecular weight is 371 g/mol. The molecule has 0 aliphatic rings. The van der Waals surface area contributed by atoms with Crippen LogP contribution in [0.2, 0.25) is 0 Å². The van der Waals surface area contributed by atoms with Crippen molar-refractivity contribution in [3.63, 3.8) is 0 Å². The Labute approximate surface area is 163 Å². The highest BCUT2D eigenvalue weighted by molar-refractivity contribution is 6.06. The molecule has 2 heterocycles. The van der Waals surface area contributed by atoms with Gasteiger partial charge in [0.2, 0.25) is 5.91 Å². The lowest BCUT2D eigenvalue weighted by atomic mass is 10.1. The molecule has 2 aromatic heterocycles. The summed E-state index contributed by atoms with van der Waals surface area (Å²) in [7, 11) is 0. The van der Waals surface area contributed by atoms with Gasteiger partial charge in [-0.05, 0) is 37.6 Å². The van der Waals surface area contributed by atoms with Crippen molar-refractivity contribution in [3.8, 4) is 5.82 Å². The number of aromatic nitrogens is 3. The fourth-order valence-corrected chi connectivity index (χ4v) is 3.43. The van der Waals surface area contributed by atoms with Gasteiger partial charge in [0.25, 0.3) is 0 Å². The van der Waals surface area contributed by atoms with E-state index in [1.165, 1.54) is 5.56 Å². The first-order valence-electron chi connectivity index (χ1n) is 9.07. The van der Waals surface area contributed by atoms with Crippen LogP contribution in [0.3, 0.4) is 0 Å². The molecule has 0 unspecified atom stereocenters. The van der Waals surface area contributed by atoms with E-state index in [4.69, 9.17) is 5.73 Å². The molecule has 0 spiro atoms. The molecule has 140 valence electrons. The minimum Gasteiger partial charge on any atom is -0.366 e. The van der Waals surface area contributed by atoms with Crippen molar-refractivity contribution in [1.82, 2.24) is 14.5 Å². The lowest BCUT2D eigenvalue weighted by Crippen LogP contribution is -2.11. The zero-order chi connectivity index (χ0) is 19.7. The average Bonchev–Trinajstić information content (AvgIpc) is 3.02. The molecular formula is C22H21N5O. The Balaban J connectivity index is 1.75. The first kappa shape index (κ1) is 17.7. The van der Waals surface area contributed by atoms with Crippen LogP contribution in [0.4, 0.5) is 5.82 Å². The monoisotopic (exact) mass is 371 g/mol. The Kier molecular flexibility index (Phi) is 4.53. The highest BCUT2D eigenvalue weighted by Gasteiger charge is 2.15. The number of hydrogen-bond donors (Lipinski definition) is 2. The zero-order valence-corrected chi connectivity index (χ0v) is 15.8. The van der Waals surface area contributed by atoms with Gasteiger partial charge in [0, 0.05) is 29.3 Å². The van der Waals surface area contributed by atoms with E-state index in [-0.39, 0.29) is 0 Å². The van der Waals surface area contributed by atoms with Gasteiger partial charge in [-0.2, -0.15) is 0 Å². The Morgan fingerprint density at radius 3 is 2.57 bits per heavy atom. The first-order valence-corrected chi connectivity index (χ1v) is 9.07. The van der Waals surface area contributed by atoms with Crippen LogP contribution in [0.25, 0.3) is 16.7 Å². The van der Waals surface area contributed by atoms with Crippen molar-refractivity contribution >= 4 is 22.6 Å². The van der Waals surface area contributed by atoms with Crippen molar-refractivity contribution in [2.75, 3.05) is 5.32 Å². The van der Waals surface area contributed by atoms with Crippen LogP contribution in [0, 0.1) is 13.8 Å². The summed E-state index contributed by atoms with van der Waals surface area (Å²) in [5.74, 6) is 1.73. The SMILES string of the molecule is Cc1nc(NCc2ccccc2)cc(-n2c(C)cc3c(C(N)=O)cccc32)n1. The molecule has 4 aromatic rings. The molecule has 0 radical (unpaired) electrons. The third-order valence-electron chi connectivity index (χ3n) is 4.67. The summed E-state index contributed by atoms with van der Waals surface area (Å²) in [5, 5.41) is 4.18. The number of carbonyl (C=O) groups is 1. The van der Waals surface area contributed by atoms with E-state index in [2.05, 4.69) is 27.4 Å². The molecule has 0 saturated heterocycles. The van der Waals surface area contributed by atoms with Crippen LogP contribution < -0.4 is 11.1 Å². The summed E-state index contributed by atoms with van der Waals surface area (Å²) < 4.78 is 2.02. The number of benzene rings is 2. The molecular weight excluding hydrogens is 350 g/mol. The summed E-state index contributed by atoms with van der Waals surface area (Å²) in [6.07, 6.45) is 0. The standard InChI is InChI=1S/C22H21N5O/c1-14-11-18-17(22(23)28)9-6-10-19(18)27(14)21-12-20(25-15(2)26-21)24-13-16-7-4-3-5-8-16/h3-12H,13H2,1-2H3,(H2,23,28)(H,24,25,26). The number of anilines is 1. The number of carbonyl (C=O) groups excluding carboxylic acids is 1. The molecule has 3 N–H and O–H groups in total. The molecule has 28 heavy (non-hydrogen) atoms. The third kappa shape index (κ3) is 3.32. The second-order valence-corrected chi connectivity index (χ2v) is 6.72. The van der Waals surface area contributed by atoms with Gasteiger partial charge >= 0.3 is 0 Å². The number of nitrogens with two attached hydrogens (primary N) is 1. The molecule has 6 heteroatoms. The van der Waals surface area contributed by atoms with Gasteiger partial charge in [0.1, 0.15) is 17.5 Å². The summed E-state index contributed by atoms with van der Waals surface area (Å²) in [4.78, 5) is 20.9. The fraction of sp³-hybridized carbons (Fsp3) is 0.136. The van der Waals surface area contributed by atoms with E-state index in [1.807, 2.05) is 60.9 Å². The maximum Gasteiger partial charge on any atom is 0.249 e. The molecule has 0 saturated carbocycles. The topological polar surface area (TPSA) is 85.8 Å². The Morgan fingerprint density at radius 1 is 1.04 bits per heavy atom. The van der Waals surface area contributed by atoms with Crippen molar-refractivity contribution in [2.24, 2.45) is 5.73 Å². The van der Waals surface area contributed by atoms with E-state index in [1.54, 1.807) is 6.07 Å². The summed E-state index contributed by atoms with van der Waals surface area (Å²) in [6, 6.07) is 19.6. The van der Waals surface area contributed by atoms with Crippen LogP contribution in [0.5, 0.6) is 0 Å². The molecule has 0 atom stereocenters. The van der Waals surface area contributed by atoms with E-state index in [9.17, 15) is 4.79 Å². The highest BCUT2D eigenvalue weighted by atomic mass is 16.1. The Hall–Kier alpha value is -3.67. The number of aryl methyl sites for hydroxylation is 2. The van der Waals surface area contributed by atoms with Crippen LogP contribution in [0.15, 0.2) is 60.7 Å². The van der Waals surface area contributed by atoms with Gasteiger partial charge in [0.05, 0.1) is 5.52 Å². The molecule has 1 amide bonds. The van der Waals surface area contributed by atoms with Crippen molar-refractivity contribution in [3.05, 3.63) is 83.3 Å². The van der Waals surface area contributed by atoms with Gasteiger partial charge in [-0.1, -0.05) is 36.4 Å². The van der Waals surface area contributed by atoms with Crippen LogP contribution in [0.1, 0.15) is 27.4 Å². The lowest BCUT2D eigenvalue weighted by molar-refractivity contribution is 0.100. The molecule has 0 aliphatic carbocycles. The van der Waals surface area contributed by atoms with Crippen LogP contribution in [-0.2, 0) is 6.54 Å². The quantitative estimate of drug-likeness (QED) is 0.559. The van der Waals surface area contributed by atoms with Gasteiger partial charge in [0.15, 0.2) is 0 Å². The van der Waals surface area contributed by atoms with E-state index in [0.717, 1.165) is 28.2 Å². The molecule has 0 bridgehead atoms. The largest absolute Gasteiger partial charge is 0.366 e. The van der Waals surface area contributed by atoms with E-state index in [0.29, 0.717) is 17.9 Å². The summed E-state index contributed by atoms with van der Waals surface area (Å²) >= 11 is 0. The molecule has 0 aliphatic heterocycles. The van der Waals surface area contributed by atoms with Gasteiger partial charge in [-0.3, -0.25) is 9.36 Å². The minimum absolute atomic E-state index is 0.438. The summed E-state index contributed by atoms with van der Waals surface area (Å²) in [6.45, 7) is 4.53. The smallest absolute Gasteiger partial charge is 0.249 e. The maximum absolute atomic E-state index is 11.8. The van der Waals surface area contributed by atoms with Crippen molar-refractivity contribution < 1.29 is 4.79 Å². The normalized spacial score (nSPS) is 10.9. The van der Waals surface area contributed by atoms with Crippen molar-refractivity contribution in [2.45, 2.75) is 20.4 Å². The second kappa shape index (κ2) is 7.15. The summed E-state index contributed by atoms with van der Waals surface area (Å²) in [5.41, 5.74) is 9.08. The molecule has 6 nitrogen and oxygen atoms in total. The first-order chi connectivity index (χ1) is 13.5. The fourth-order valence-electron chi connectivity index (χ4n) is 3.43. The van der Waals surface area contributed by atoms with E-state index < -0.39 is 5.91 Å². The molecule has 4 rings (SSSR count). The molecule has 0 fully saturated rings. The number of rotatable bonds is 5. The minimum atomic E-state index is -0.438. The predicted octanol–water partition coefficient (Wildman–Crippen LogP) is 3.75. The number of nitrogens with zero attached hydrogens (tertiary/aromatic N) is 3. The van der Waals surface area contributed by atoms with Crippen LogP contribution >= 0.6 is 0 Å². The number of amides is 1. The number of nitrogens with one attached hydrogen (secondary N) is 1. The highest BCUT2D eigenvalue weighted by Crippen LogP contribution is 2.27. The Bertz CT molecular complexity index is 1160.